The van der Waals surface area contributed by atoms with Gasteiger partial charge in [0.05, 0.1) is 5.69 Å². The molecule has 56 heavy (non-hydrogen) atoms. The van der Waals surface area contributed by atoms with E-state index in [-0.39, 0.29) is 11.3 Å². The second-order valence-corrected chi connectivity index (χ2v) is 17.8. The second kappa shape index (κ2) is 12.0. The summed E-state index contributed by atoms with van der Waals surface area (Å²) < 4.78 is 10.1. The first-order valence-electron chi connectivity index (χ1n) is 20.2. The highest BCUT2D eigenvalue weighted by Crippen LogP contribution is 2.62. The molecule has 0 saturated heterocycles. The Hall–Kier alpha value is -5.90. The Kier molecular flexibility index (Phi) is 6.96. The van der Waals surface area contributed by atoms with Crippen molar-refractivity contribution in [1.29, 1.82) is 0 Å². The van der Waals surface area contributed by atoms with E-state index in [0.717, 1.165) is 47.7 Å². The molecule has 12 rings (SSSR count). The van der Waals surface area contributed by atoms with E-state index < -0.39 is 0 Å². The van der Waals surface area contributed by atoms with Crippen LogP contribution in [-0.2, 0) is 11.8 Å². The first-order valence-corrected chi connectivity index (χ1v) is 21.0. The van der Waals surface area contributed by atoms with Gasteiger partial charge in [-0.05, 0) is 95.0 Å². The van der Waals surface area contributed by atoms with Gasteiger partial charge in [-0.15, -0.1) is 11.3 Å². The molecule has 8 aromatic rings. The van der Waals surface area contributed by atoms with Crippen LogP contribution in [0, 0.1) is 5.92 Å². The van der Waals surface area contributed by atoms with E-state index >= 15 is 0 Å². The molecule has 3 unspecified atom stereocenters. The van der Waals surface area contributed by atoms with Gasteiger partial charge in [-0.2, -0.15) is 0 Å². The van der Waals surface area contributed by atoms with Crippen molar-refractivity contribution in [2.75, 3.05) is 4.90 Å². The Morgan fingerprint density at radius 2 is 1.54 bits per heavy atom. The monoisotopic (exact) mass is 739 g/mol. The van der Waals surface area contributed by atoms with Crippen LogP contribution in [0.25, 0.3) is 42.8 Å². The van der Waals surface area contributed by atoms with Crippen LogP contribution in [-0.4, -0.2) is 0 Å². The first kappa shape index (κ1) is 32.4. The summed E-state index contributed by atoms with van der Waals surface area (Å²) in [7, 11) is 0. The molecule has 4 aliphatic carbocycles. The lowest BCUT2D eigenvalue weighted by Crippen LogP contribution is -2.29. The van der Waals surface area contributed by atoms with Crippen molar-refractivity contribution < 1.29 is 4.42 Å². The Bertz CT molecular complexity index is 3010. The Morgan fingerprint density at radius 3 is 2.46 bits per heavy atom. The van der Waals surface area contributed by atoms with Crippen molar-refractivity contribution in [3.8, 4) is 0 Å². The normalized spacial score (nSPS) is 20.2. The highest BCUT2D eigenvalue weighted by atomic mass is 32.1. The number of thiophene rings is 1. The number of rotatable bonds is 4. The van der Waals surface area contributed by atoms with Crippen molar-refractivity contribution in [3.05, 3.63) is 196 Å². The van der Waals surface area contributed by atoms with Crippen molar-refractivity contribution in [2.45, 2.75) is 50.4 Å². The molecule has 0 N–H and O–H groups in total. The molecule has 0 radical (unpaired) electrons. The van der Waals surface area contributed by atoms with E-state index in [1.165, 1.54) is 64.5 Å². The molecule has 6 aromatic carbocycles. The average molecular weight is 740 g/mol. The van der Waals surface area contributed by atoms with Gasteiger partial charge in [0.1, 0.15) is 5.76 Å². The van der Waals surface area contributed by atoms with Gasteiger partial charge in [-0.3, -0.25) is 0 Å². The fourth-order valence-corrected chi connectivity index (χ4v) is 11.9. The van der Waals surface area contributed by atoms with Gasteiger partial charge in [0.15, 0.2) is 5.58 Å². The maximum atomic E-state index is 7.48. The zero-order valence-corrected chi connectivity index (χ0v) is 32.4. The number of benzene rings is 6. The number of para-hydroxylation sites is 2. The summed E-state index contributed by atoms with van der Waals surface area (Å²) >= 11 is 1.87. The third-order valence-corrected chi connectivity index (χ3v) is 14.5. The predicted molar refractivity (Wildman–Crippen MR) is 236 cm³/mol. The smallest absolute Gasteiger partial charge is 0.159 e. The molecule has 2 nitrogen and oxygen atoms in total. The largest absolute Gasteiger partial charge is 0.454 e. The summed E-state index contributed by atoms with van der Waals surface area (Å²) in [5.74, 6) is 2.12. The molecule has 0 spiro atoms. The Morgan fingerprint density at radius 1 is 0.714 bits per heavy atom. The predicted octanol–water partition coefficient (Wildman–Crippen LogP) is 14.8. The van der Waals surface area contributed by atoms with Gasteiger partial charge in [0, 0.05) is 65.3 Å². The van der Waals surface area contributed by atoms with E-state index in [1.807, 2.05) is 11.3 Å². The fraction of sp³-hybridized carbons (Fsp3) is 0.170. The highest BCUT2D eigenvalue weighted by Gasteiger charge is 2.50. The Balaban J connectivity index is 1.07. The number of hydrogen-bond acceptors (Lipinski definition) is 3. The van der Waals surface area contributed by atoms with E-state index in [1.54, 1.807) is 5.57 Å². The lowest BCUT2D eigenvalue weighted by atomic mass is 9.64. The fourth-order valence-electron chi connectivity index (χ4n) is 10.8. The molecule has 0 bridgehead atoms. The molecule has 3 atom stereocenters. The first-order chi connectivity index (χ1) is 27.5. The number of allylic oxidation sites excluding steroid dienone is 4. The van der Waals surface area contributed by atoms with Crippen LogP contribution in [0.5, 0.6) is 0 Å². The molecule has 0 amide bonds. The van der Waals surface area contributed by atoms with Crippen LogP contribution in [0.15, 0.2) is 162 Å². The minimum atomic E-state index is -0.0957. The van der Waals surface area contributed by atoms with Gasteiger partial charge < -0.3 is 9.32 Å². The summed E-state index contributed by atoms with van der Waals surface area (Å²) in [4.78, 5) is 2.41. The summed E-state index contributed by atoms with van der Waals surface area (Å²) in [6.07, 6.45) is 12.9. The van der Waals surface area contributed by atoms with Crippen molar-refractivity contribution in [1.82, 2.24) is 0 Å². The molecular weight excluding hydrogens is 699 g/mol. The minimum absolute atomic E-state index is 0.0957. The van der Waals surface area contributed by atoms with Crippen molar-refractivity contribution >= 4 is 71.2 Å². The van der Waals surface area contributed by atoms with Gasteiger partial charge in [-0.1, -0.05) is 135 Å². The van der Waals surface area contributed by atoms with E-state index in [0.29, 0.717) is 11.8 Å². The number of anilines is 3. The number of fused-ring (bicyclic) bond motifs is 13. The van der Waals surface area contributed by atoms with Crippen LogP contribution in [0.2, 0.25) is 0 Å². The molecule has 3 heteroatoms. The van der Waals surface area contributed by atoms with Gasteiger partial charge in [-0.25, -0.2) is 0 Å². The molecular formula is C53H41NOS. The average Bonchev–Trinajstić information content (AvgIpc) is 3.89. The van der Waals surface area contributed by atoms with Crippen LogP contribution in [0.1, 0.15) is 77.7 Å². The van der Waals surface area contributed by atoms with Crippen LogP contribution >= 0.6 is 11.3 Å². The molecule has 0 aliphatic heterocycles. The van der Waals surface area contributed by atoms with Crippen molar-refractivity contribution in [2.24, 2.45) is 5.92 Å². The van der Waals surface area contributed by atoms with E-state index in [9.17, 15) is 0 Å². The van der Waals surface area contributed by atoms with Crippen LogP contribution in [0.3, 0.4) is 0 Å². The van der Waals surface area contributed by atoms with Gasteiger partial charge in [0.25, 0.3) is 0 Å². The standard InChI is InChI=1S/C53H41NOS/c1-53(2)44-28-25-35(34-24-23-32-13-6-7-14-33(32)29-34)30-43(44)49-50(53)41-19-9-8-18-40(41)48-42-20-12-21-45(51(42)55-52(48)49)54(36-15-4-3-5-16-36)37-26-27-39-38-17-10-11-22-46(38)56-47(39)31-37/h3-8,10-18,20-28,30-31,34,40-41H,9,19,29H2,1-2H3. The lowest BCUT2D eigenvalue weighted by Gasteiger charge is -2.39. The Labute approximate surface area is 331 Å². The number of nitrogens with zero attached hydrogens (tertiary/aromatic N) is 1. The second-order valence-electron chi connectivity index (χ2n) is 16.7. The summed E-state index contributed by atoms with van der Waals surface area (Å²) in [6.45, 7) is 4.92. The van der Waals surface area contributed by atoms with Crippen LogP contribution < -0.4 is 4.90 Å². The zero-order valence-electron chi connectivity index (χ0n) is 31.6. The number of hydrogen-bond donors (Lipinski definition) is 0. The van der Waals surface area contributed by atoms with Gasteiger partial charge >= 0.3 is 0 Å². The number of furan rings is 1. The lowest BCUT2D eigenvalue weighted by molar-refractivity contribution is 0.421. The summed E-state index contributed by atoms with van der Waals surface area (Å²) in [5.41, 5.74) is 15.4. The quantitative estimate of drug-likeness (QED) is 0.167. The maximum Gasteiger partial charge on any atom is 0.159 e. The zero-order chi connectivity index (χ0) is 37.1. The maximum absolute atomic E-state index is 7.48. The topological polar surface area (TPSA) is 16.4 Å². The molecule has 4 aliphatic rings. The third-order valence-electron chi connectivity index (χ3n) is 13.3. The third kappa shape index (κ3) is 4.61. The molecule has 270 valence electrons. The summed E-state index contributed by atoms with van der Waals surface area (Å²) in [5, 5.41) is 3.85. The van der Waals surface area contributed by atoms with E-state index in [4.69, 9.17) is 4.42 Å². The van der Waals surface area contributed by atoms with E-state index in [2.05, 4.69) is 177 Å². The van der Waals surface area contributed by atoms with Crippen molar-refractivity contribution in [3.63, 3.8) is 0 Å². The molecule has 0 saturated carbocycles. The van der Waals surface area contributed by atoms with Crippen LogP contribution in [0.4, 0.5) is 17.1 Å². The molecule has 0 fully saturated rings. The van der Waals surface area contributed by atoms with Gasteiger partial charge in [0.2, 0.25) is 0 Å². The highest BCUT2D eigenvalue weighted by molar-refractivity contribution is 7.25. The molecule has 2 heterocycles. The molecule has 2 aromatic heterocycles. The summed E-state index contributed by atoms with van der Waals surface area (Å²) in [6, 6.07) is 49.5. The minimum Gasteiger partial charge on any atom is -0.454 e. The SMILES string of the molecule is CC1(C)C2=C(c3cc(C4C=Cc5ccccc5C4)ccc31)c1oc3c(N(c4ccccc4)c4ccc5c(c4)sc4ccccc45)cccc3c1C1C=CCCC21.